The summed E-state index contributed by atoms with van der Waals surface area (Å²) in [4.78, 5) is 24.5. The van der Waals surface area contributed by atoms with Crippen molar-refractivity contribution in [3.8, 4) is 0 Å². The van der Waals surface area contributed by atoms with Crippen LogP contribution in [-0.4, -0.2) is 46.3 Å². The standard InChI is InChI=1S/C23H29N3O3S/c1-15-8-9-18-19(10-15)30-23-21(18)22(28)24-20(25-23)12-26(2)11-17(27)14-29-13-16-6-4-3-5-7-16/h3-7,15,17,27H,8-14H2,1-2H3,(H,24,25,28). The fourth-order valence-electron chi connectivity index (χ4n) is 4.09. The summed E-state index contributed by atoms with van der Waals surface area (Å²) >= 11 is 1.66. The van der Waals surface area contributed by atoms with Gasteiger partial charge in [-0.25, -0.2) is 4.98 Å². The first-order valence-corrected chi connectivity index (χ1v) is 11.3. The Morgan fingerprint density at radius 1 is 1.37 bits per heavy atom. The first kappa shape index (κ1) is 21.2. The minimum atomic E-state index is -0.607. The van der Waals surface area contributed by atoms with E-state index in [-0.39, 0.29) is 12.2 Å². The molecule has 160 valence electrons. The van der Waals surface area contributed by atoms with E-state index >= 15 is 0 Å². The largest absolute Gasteiger partial charge is 0.389 e. The predicted molar refractivity (Wildman–Crippen MR) is 120 cm³/mol. The summed E-state index contributed by atoms with van der Waals surface area (Å²) in [7, 11) is 1.91. The molecule has 0 aliphatic heterocycles. The fourth-order valence-corrected chi connectivity index (χ4v) is 5.49. The monoisotopic (exact) mass is 427 g/mol. The first-order valence-electron chi connectivity index (χ1n) is 10.5. The average molecular weight is 428 g/mol. The molecule has 2 heterocycles. The van der Waals surface area contributed by atoms with Crippen LogP contribution in [0.4, 0.5) is 0 Å². The van der Waals surface area contributed by atoms with E-state index in [2.05, 4.69) is 11.9 Å². The van der Waals surface area contributed by atoms with Crippen molar-refractivity contribution >= 4 is 21.6 Å². The molecular weight excluding hydrogens is 398 g/mol. The van der Waals surface area contributed by atoms with Gasteiger partial charge in [0, 0.05) is 11.4 Å². The van der Waals surface area contributed by atoms with E-state index in [0.29, 0.717) is 31.4 Å². The van der Waals surface area contributed by atoms with Crippen LogP contribution in [-0.2, 0) is 30.7 Å². The van der Waals surface area contributed by atoms with E-state index < -0.39 is 6.10 Å². The third kappa shape index (κ3) is 4.98. The number of H-pyrrole nitrogens is 1. The second-order valence-electron chi connectivity index (χ2n) is 8.40. The lowest BCUT2D eigenvalue weighted by atomic mass is 9.89. The molecule has 0 saturated heterocycles. The predicted octanol–water partition coefficient (Wildman–Crippen LogP) is 3.12. The van der Waals surface area contributed by atoms with Crippen LogP contribution in [0.5, 0.6) is 0 Å². The number of thiophene rings is 1. The second kappa shape index (κ2) is 9.39. The summed E-state index contributed by atoms with van der Waals surface area (Å²) in [5.74, 6) is 1.31. The molecule has 2 atom stereocenters. The summed E-state index contributed by atoms with van der Waals surface area (Å²) in [5, 5.41) is 11.1. The Labute approximate surface area is 180 Å². The molecule has 4 rings (SSSR count). The van der Waals surface area contributed by atoms with Gasteiger partial charge in [0.25, 0.3) is 5.56 Å². The Morgan fingerprint density at radius 3 is 2.97 bits per heavy atom. The van der Waals surface area contributed by atoms with Crippen molar-refractivity contribution in [1.29, 1.82) is 0 Å². The Bertz CT molecular complexity index is 1050. The molecule has 0 amide bonds. The van der Waals surface area contributed by atoms with Gasteiger partial charge in [-0.3, -0.25) is 9.69 Å². The smallest absolute Gasteiger partial charge is 0.259 e. The summed E-state index contributed by atoms with van der Waals surface area (Å²) in [6, 6.07) is 9.91. The first-order chi connectivity index (χ1) is 14.5. The molecule has 0 radical (unpaired) electrons. The van der Waals surface area contributed by atoms with Crippen LogP contribution in [0.15, 0.2) is 35.1 Å². The van der Waals surface area contributed by atoms with E-state index in [9.17, 15) is 9.90 Å². The zero-order valence-corrected chi connectivity index (χ0v) is 18.4. The fraction of sp³-hybridized carbons (Fsp3) is 0.478. The maximum Gasteiger partial charge on any atom is 0.259 e. The molecule has 0 bridgehead atoms. The molecule has 6 nitrogen and oxygen atoms in total. The highest BCUT2D eigenvalue weighted by atomic mass is 32.1. The number of likely N-dealkylation sites (N-methyl/N-ethyl adjacent to an activating group) is 1. The van der Waals surface area contributed by atoms with Gasteiger partial charge in [-0.1, -0.05) is 37.3 Å². The Hall–Kier alpha value is -2.06. The molecule has 1 aliphatic rings. The zero-order chi connectivity index (χ0) is 21.1. The van der Waals surface area contributed by atoms with Crippen molar-refractivity contribution in [2.45, 2.75) is 45.4 Å². The molecule has 0 fully saturated rings. The summed E-state index contributed by atoms with van der Waals surface area (Å²) in [5.41, 5.74) is 2.25. The third-order valence-corrected chi connectivity index (χ3v) is 6.73. The lowest BCUT2D eigenvalue weighted by Gasteiger charge is -2.20. The van der Waals surface area contributed by atoms with Gasteiger partial charge in [0.1, 0.15) is 10.7 Å². The molecule has 0 saturated carbocycles. The molecule has 2 N–H and O–H groups in total. The van der Waals surface area contributed by atoms with Crippen LogP contribution in [0, 0.1) is 5.92 Å². The number of aliphatic hydroxyl groups excluding tert-OH is 1. The number of ether oxygens (including phenoxy) is 1. The highest BCUT2D eigenvalue weighted by molar-refractivity contribution is 7.18. The van der Waals surface area contributed by atoms with Crippen LogP contribution >= 0.6 is 11.3 Å². The summed E-state index contributed by atoms with van der Waals surface area (Å²) < 4.78 is 5.62. The van der Waals surface area contributed by atoms with Crippen molar-refractivity contribution in [2.75, 3.05) is 20.2 Å². The number of hydrogen-bond donors (Lipinski definition) is 2. The highest BCUT2D eigenvalue weighted by Gasteiger charge is 2.23. The van der Waals surface area contributed by atoms with Gasteiger partial charge < -0.3 is 14.8 Å². The van der Waals surface area contributed by atoms with Crippen molar-refractivity contribution in [2.24, 2.45) is 5.92 Å². The van der Waals surface area contributed by atoms with Gasteiger partial charge in [-0.05, 0) is 43.4 Å². The average Bonchev–Trinajstić information content (AvgIpc) is 3.06. The second-order valence-corrected chi connectivity index (χ2v) is 9.48. The molecule has 1 aliphatic carbocycles. The van der Waals surface area contributed by atoms with Crippen molar-refractivity contribution in [3.05, 3.63) is 62.5 Å². The minimum Gasteiger partial charge on any atom is -0.389 e. The number of nitrogens with zero attached hydrogens (tertiary/aromatic N) is 2. The van der Waals surface area contributed by atoms with Gasteiger partial charge in [0.2, 0.25) is 0 Å². The van der Waals surface area contributed by atoms with Gasteiger partial charge in [0.15, 0.2) is 0 Å². The van der Waals surface area contributed by atoms with Crippen LogP contribution in [0.2, 0.25) is 0 Å². The number of aromatic amines is 1. The number of aryl methyl sites for hydroxylation is 1. The van der Waals surface area contributed by atoms with Gasteiger partial charge >= 0.3 is 0 Å². The number of aromatic nitrogens is 2. The van der Waals surface area contributed by atoms with Gasteiger partial charge in [-0.15, -0.1) is 11.3 Å². The van der Waals surface area contributed by atoms with E-state index in [0.717, 1.165) is 35.0 Å². The van der Waals surface area contributed by atoms with E-state index in [4.69, 9.17) is 9.72 Å². The van der Waals surface area contributed by atoms with E-state index in [1.54, 1.807) is 11.3 Å². The molecule has 2 aromatic heterocycles. The normalized spacial score (nSPS) is 17.4. The molecule has 2 unspecified atom stereocenters. The lowest BCUT2D eigenvalue weighted by molar-refractivity contribution is 0.0124. The number of rotatable bonds is 8. The summed E-state index contributed by atoms with van der Waals surface area (Å²) in [6.45, 7) is 3.92. The molecular formula is C23H29N3O3S. The quantitative estimate of drug-likeness (QED) is 0.578. The van der Waals surface area contributed by atoms with Gasteiger partial charge in [-0.2, -0.15) is 0 Å². The van der Waals surface area contributed by atoms with Crippen LogP contribution in [0.25, 0.3) is 10.2 Å². The molecule has 1 aromatic carbocycles. The zero-order valence-electron chi connectivity index (χ0n) is 17.6. The topological polar surface area (TPSA) is 78.5 Å². The van der Waals surface area contributed by atoms with Crippen LogP contribution in [0.3, 0.4) is 0 Å². The molecule has 0 spiro atoms. The number of benzene rings is 1. The highest BCUT2D eigenvalue weighted by Crippen LogP contribution is 2.35. The van der Waals surface area contributed by atoms with E-state index in [1.807, 2.05) is 42.3 Å². The summed E-state index contributed by atoms with van der Waals surface area (Å²) in [6.07, 6.45) is 2.53. The SMILES string of the molecule is CC1CCc2c(sc3nc(CN(C)CC(O)COCc4ccccc4)[nH]c(=O)c23)C1. The van der Waals surface area contributed by atoms with Crippen molar-refractivity contribution < 1.29 is 9.84 Å². The Morgan fingerprint density at radius 2 is 2.17 bits per heavy atom. The number of aliphatic hydroxyl groups is 1. The van der Waals surface area contributed by atoms with Crippen molar-refractivity contribution in [3.63, 3.8) is 0 Å². The van der Waals surface area contributed by atoms with E-state index in [1.165, 1.54) is 10.4 Å². The molecule has 7 heteroatoms. The Balaban J connectivity index is 1.34. The minimum absolute atomic E-state index is 0.0396. The Kier molecular flexibility index (Phi) is 6.63. The molecule has 30 heavy (non-hydrogen) atoms. The number of nitrogens with one attached hydrogen (secondary N) is 1. The maximum absolute atomic E-state index is 12.7. The van der Waals surface area contributed by atoms with Crippen LogP contribution < -0.4 is 5.56 Å². The lowest BCUT2D eigenvalue weighted by Crippen LogP contribution is -2.32. The van der Waals surface area contributed by atoms with Crippen LogP contribution in [0.1, 0.15) is 35.2 Å². The van der Waals surface area contributed by atoms with Gasteiger partial charge in [0.05, 0.1) is 31.2 Å². The third-order valence-electron chi connectivity index (χ3n) is 5.58. The van der Waals surface area contributed by atoms with Crippen molar-refractivity contribution in [1.82, 2.24) is 14.9 Å². The maximum atomic E-state index is 12.7. The molecule has 3 aromatic rings. The number of hydrogen-bond acceptors (Lipinski definition) is 6. The number of fused-ring (bicyclic) bond motifs is 3.